The Labute approximate surface area is 143 Å². The van der Waals surface area contributed by atoms with Gasteiger partial charge in [-0.15, -0.1) is 0 Å². The lowest BCUT2D eigenvalue weighted by Crippen LogP contribution is -2.25. The Bertz CT molecular complexity index is 584. The summed E-state index contributed by atoms with van der Waals surface area (Å²) in [4.78, 5) is 11.1. The van der Waals surface area contributed by atoms with Crippen molar-refractivity contribution in [3.63, 3.8) is 0 Å². The third-order valence-electron chi connectivity index (χ3n) is 3.61. The van der Waals surface area contributed by atoms with Gasteiger partial charge in [-0.05, 0) is 56.4 Å². The maximum Gasteiger partial charge on any atom is 0.229 e. The molecular formula is C17H24ClN5. The van der Waals surface area contributed by atoms with Crippen LogP contribution in [0.15, 0.2) is 36.5 Å². The first-order chi connectivity index (χ1) is 11.2. The van der Waals surface area contributed by atoms with Crippen molar-refractivity contribution in [1.29, 1.82) is 0 Å². The van der Waals surface area contributed by atoms with Gasteiger partial charge in [0.2, 0.25) is 5.95 Å². The van der Waals surface area contributed by atoms with Crippen molar-refractivity contribution in [2.24, 2.45) is 0 Å². The minimum atomic E-state index is 0.570. The average molecular weight is 334 g/mol. The molecule has 0 bridgehead atoms. The van der Waals surface area contributed by atoms with Crippen LogP contribution in [0.4, 0.5) is 17.5 Å². The Morgan fingerprint density at radius 3 is 2.52 bits per heavy atom. The molecule has 0 atom stereocenters. The van der Waals surface area contributed by atoms with Gasteiger partial charge >= 0.3 is 0 Å². The van der Waals surface area contributed by atoms with Gasteiger partial charge in [-0.1, -0.05) is 25.4 Å². The molecule has 1 aromatic carbocycles. The highest BCUT2D eigenvalue weighted by Crippen LogP contribution is 2.17. The average Bonchev–Trinajstić information content (AvgIpc) is 2.57. The highest BCUT2D eigenvalue weighted by atomic mass is 35.5. The number of hydrogen-bond donors (Lipinski definition) is 2. The molecule has 0 amide bonds. The molecule has 0 spiro atoms. The number of benzene rings is 1. The molecule has 1 heterocycles. The lowest BCUT2D eigenvalue weighted by Gasteiger charge is -2.17. The van der Waals surface area contributed by atoms with Gasteiger partial charge in [0, 0.05) is 23.5 Å². The third-order valence-corrected chi connectivity index (χ3v) is 3.86. The molecule has 6 heteroatoms. The topological polar surface area (TPSA) is 53.1 Å². The first-order valence-electron chi connectivity index (χ1n) is 8.03. The monoisotopic (exact) mass is 333 g/mol. The zero-order valence-electron chi connectivity index (χ0n) is 13.7. The fourth-order valence-electron chi connectivity index (χ4n) is 2.24. The lowest BCUT2D eigenvalue weighted by atomic mass is 10.3. The van der Waals surface area contributed by atoms with E-state index in [1.165, 1.54) is 0 Å². The van der Waals surface area contributed by atoms with Crippen LogP contribution in [0.2, 0.25) is 5.02 Å². The minimum absolute atomic E-state index is 0.570. The Balaban J connectivity index is 1.83. The molecule has 0 aliphatic rings. The molecule has 0 unspecified atom stereocenters. The number of aromatic nitrogens is 2. The highest BCUT2D eigenvalue weighted by molar-refractivity contribution is 6.30. The van der Waals surface area contributed by atoms with E-state index in [0.29, 0.717) is 11.0 Å². The molecule has 0 saturated carbocycles. The normalized spacial score (nSPS) is 10.8. The Kier molecular flexibility index (Phi) is 7.10. The zero-order valence-corrected chi connectivity index (χ0v) is 14.5. The van der Waals surface area contributed by atoms with Crippen LogP contribution in [-0.4, -0.2) is 41.0 Å². The van der Waals surface area contributed by atoms with Gasteiger partial charge < -0.3 is 15.5 Å². The van der Waals surface area contributed by atoms with Crippen molar-refractivity contribution < 1.29 is 0 Å². The van der Waals surface area contributed by atoms with Gasteiger partial charge in [0.1, 0.15) is 5.82 Å². The summed E-state index contributed by atoms with van der Waals surface area (Å²) in [6, 6.07) is 9.34. The van der Waals surface area contributed by atoms with E-state index in [1.807, 2.05) is 30.3 Å². The maximum atomic E-state index is 5.88. The van der Waals surface area contributed by atoms with E-state index in [-0.39, 0.29) is 0 Å². The molecule has 2 rings (SSSR count). The van der Waals surface area contributed by atoms with Crippen LogP contribution < -0.4 is 10.6 Å². The van der Waals surface area contributed by atoms with Gasteiger partial charge in [0.05, 0.1) is 0 Å². The van der Waals surface area contributed by atoms with Crippen molar-refractivity contribution in [2.75, 3.05) is 36.8 Å². The van der Waals surface area contributed by atoms with Crippen LogP contribution in [0, 0.1) is 0 Å². The summed E-state index contributed by atoms with van der Waals surface area (Å²) in [6.45, 7) is 8.57. The third kappa shape index (κ3) is 6.04. The van der Waals surface area contributed by atoms with Crippen LogP contribution in [0.3, 0.4) is 0 Å². The fourth-order valence-corrected chi connectivity index (χ4v) is 2.36. The summed E-state index contributed by atoms with van der Waals surface area (Å²) in [5.74, 6) is 1.40. The van der Waals surface area contributed by atoms with Crippen molar-refractivity contribution in [3.8, 4) is 0 Å². The van der Waals surface area contributed by atoms with Crippen LogP contribution >= 0.6 is 11.6 Å². The summed E-state index contributed by atoms with van der Waals surface area (Å²) >= 11 is 5.88. The van der Waals surface area contributed by atoms with E-state index in [0.717, 1.165) is 44.1 Å². The first kappa shape index (κ1) is 17.5. The van der Waals surface area contributed by atoms with E-state index in [2.05, 4.69) is 39.3 Å². The van der Waals surface area contributed by atoms with Gasteiger partial charge in [-0.3, -0.25) is 0 Å². The van der Waals surface area contributed by atoms with Crippen molar-refractivity contribution >= 4 is 29.1 Å². The molecule has 0 aliphatic heterocycles. The predicted molar refractivity (Wildman–Crippen MR) is 97.7 cm³/mol. The Morgan fingerprint density at radius 1 is 1.09 bits per heavy atom. The molecule has 0 aliphatic carbocycles. The number of nitrogens with zero attached hydrogens (tertiary/aromatic N) is 3. The number of anilines is 3. The molecule has 2 aromatic rings. The van der Waals surface area contributed by atoms with Crippen molar-refractivity contribution in [1.82, 2.24) is 14.9 Å². The second-order valence-corrected chi connectivity index (χ2v) is 5.64. The van der Waals surface area contributed by atoms with Gasteiger partial charge in [0.15, 0.2) is 0 Å². The molecule has 5 nitrogen and oxygen atoms in total. The second kappa shape index (κ2) is 9.33. The van der Waals surface area contributed by atoms with Gasteiger partial charge in [-0.2, -0.15) is 4.98 Å². The molecule has 1 aromatic heterocycles. The molecule has 0 saturated heterocycles. The summed E-state index contributed by atoms with van der Waals surface area (Å²) in [5.41, 5.74) is 0.910. The fraction of sp³-hybridized carbons (Fsp3) is 0.412. The van der Waals surface area contributed by atoms with Gasteiger partial charge in [0.25, 0.3) is 0 Å². The van der Waals surface area contributed by atoms with Crippen molar-refractivity contribution in [3.05, 3.63) is 41.6 Å². The first-order valence-corrected chi connectivity index (χ1v) is 8.41. The van der Waals surface area contributed by atoms with Crippen LogP contribution in [-0.2, 0) is 0 Å². The number of halogens is 1. The molecule has 0 fully saturated rings. The quantitative estimate of drug-likeness (QED) is 0.679. The smallest absolute Gasteiger partial charge is 0.229 e. The zero-order chi connectivity index (χ0) is 16.5. The molecule has 23 heavy (non-hydrogen) atoms. The molecule has 2 N–H and O–H groups in total. The summed E-state index contributed by atoms with van der Waals surface area (Å²) in [5, 5.41) is 7.22. The Hall–Kier alpha value is -1.85. The van der Waals surface area contributed by atoms with Gasteiger partial charge in [-0.25, -0.2) is 4.98 Å². The van der Waals surface area contributed by atoms with E-state index in [4.69, 9.17) is 11.6 Å². The maximum absolute atomic E-state index is 5.88. The SMILES string of the molecule is CCN(CC)CCCNc1ccnc(Nc2ccc(Cl)cc2)n1. The lowest BCUT2D eigenvalue weighted by molar-refractivity contribution is 0.303. The predicted octanol–water partition coefficient (Wildman–Crippen LogP) is 4.02. The minimum Gasteiger partial charge on any atom is -0.370 e. The second-order valence-electron chi connectivity index (χ2n) is 5.20. The van der Waals surface area contributed by atoms with Crippen LogP contribution in [0.1, 0.15) is 20.3 Å². The standard InChI is InChI=1S/C17H24ClN5/c1-3-23(4-2)13-5-11-19-16-10-12-20-17(22-16)21-15-8-6-14(18)7-9-15/h6-10,12H,3-5,11,13H2,1-2H3,(H2,19,20,21,22). The summed E-state index contributed by atoms with van der Waals surface area (Å²) in [7, 11) is 0. The van der Waals surface area contributed by atoms with Crippen molar-refractivity contribution in [2.45, 2.75) is 20.3 Å². The number of rotatable bonds is 9. The van der Waals surface area contributed by atoms with Crippen LogP contribution in [0.25, 0.3) is 0 Å². The highest BCUT2D eigenvalue weighted by Gasteiger charge is 2.01. The number of nitrogens with one attached hydrogen (secondary N) is 2. The van der Waals surface area contributed by atoms with Crippen LogP contribution in [0.5, 0.6) is 0 Å². The van der Waals surface area contributed by atoms with E-state index < -0.39 is 0 Å². The van der Waals surface area contributed by atoms with E-state index in [1.54, 1.807) is 6.20 Å². The van der Waals surface area contributed by atoms with E-state index in [9.17, 15) is 0 Å². The van der Waals surface area contributed by atoms with E-state index >= 15 is 0 Å². The largest absolute Gasteiger partial charge is 0.370 e. The number of hydrogen-bond acceptors (Lipinski definition) is 5. The summed E-state index contributed by atoms with van der Waals surface area (Å²) < 4.78 is 0. The summed E-state index contributed by atoms with van der Waals surface area (Å²) in [6.07, 6.45) is 2.84. The molecule has 124 valence electrons. The molecule has 0 radical (unpaired) electrons. The Morgan fingerprint density at radius 2 is 1.83 bits per heavy atom. The molecular weight excluding hydrogens is 310 g/mol.